The number of hydrogen-bond acceptors (Lipinski definition) is 5. The lowest BCUT2D eigenvalue weighted by atomic mass is 10.9. The molecule has 0 aliphatic rings. The van der Waals surface area contributed by atoms with E-state index in [2.05, 4.69) is 22.9 Å². The molecule has 9 nitrogen and oxygen atoms in total. The number of primary amides is 4. The molecule has 0 atom stereocenters. The smallest absolute Gasteiger partial charge is 0.376 e. The van der Waals surface area contributed by atoms with Crippen molar-refractivity contribution >= 4 is 21.6 Å². The van der Waals surface area contributed by atoms with Gasteiger partial charge in [-0.25, -0.2) is 9.59 Å². The van der Waals surface area contributed by atoms with Crippen LogP contribution >= 0.6 is 0 Å². The van der Waals surface area contributed by atoms with Crippen LogP contribution in [0.5, 0.6) is 0 Å². The summed E-state index contributed by atoms with van der Waals surface area (Å²) in [6, 6.07) is -1.67. The van der Waals surface area contributed by atoms with Gasteiger partial charge in [0, 0.05) is 19.8 Å². The topological polar surface area (TPSA) is 166 Å². The Morgan fingerprint density at radius 2 is 0.944 bits per heavy atom. The van der Waals surface area contributed by atoms with Gasteiger partial charge in [-0.15, -0.1) is 0 Å². The molecule has 0 aliphatic heterocycles. The highest BCUT2D eigenvalue weighted by molar-refractivity contribution is 6.36. The van der Waals surface area contributed by atoms with Gasteiger partial charge in [0.25, 0.3) is 0 Å². The zero-order chi connectivity index (χ0) is 15.0. The van der Waals surface area contributed by atoms with Gasteiger partial charge in [0.05, 0.1) is 0 Å². The minimum atomic E-state index is -1.73. The second-order valence-electron chi connectivity index (χ2n) is 2.46. The summed E-state index contributed by atoms with van der Waals surface area (Å²) in [4.78, 5) is 18.0. The average Bonchev–Trinajstić information content (AvgIpc) is 2.17. The minimum Gasteiger partial charge on any atom is -0.376 e. The molecule has 0 fully saturated rings. The van der Waals surface area contributed by atoms with Gasteiger partial charge in [0.15, 0.2) is 0 Å². The van der Waals surface area contributed by atoms with Crippen LogP contribution in [-0.4, -0.2) is 41.4 Å². The molecule has 0 bridgehead atoms. The molecule has 0 saturated carbocycles. The molecule has 0 radical (unpaired) electrons. The normalized spacial score (nSPS) is 8.67. The fourth-order valence-corrected chi connectivity index (χ4v) is 1.66. The molecular formula is C8H24N4O5Si. The van der Waals surface area contributed by atoms with Crippen molar-refractivity contribution in [1.82, 2.24) is 0 Å². The summed E-state index contributed by atoms with van der Waals surface area (Å²) < 4.78 is 15.7. The highest BCUT2D eigenvalue weighted by atomic mass is 28.3. The lowest BCUT2D eigenvalue weighted by Crippen LogP contribution is -2.27. The zero-order valence-corrected chi connectivity index (χ0v) is 12.2. The van der Waals surface area contributed by atoms with Crippen molar-refractivity contribution in [3.63, 3.8) is 0 Å². The number of carbonyl (C=O) groups excluding carboxylic acids is 2. The van der Waals surface area contributed by atoms with E-state index < -0.39 is 21.6 Å². The van der Waals surface area contributed by atoms with Crippen molar-refractivity contribution in [3.8, 4) is 0 Å². The van der Waals surface area contributed by atoms with Crippen molar-refractivity contribution in [1.29, 1.82) is 0 Å². The summed E-state index contributed by atoms with van der Waals surface area (Å²) in [7, 11) is -1.73. The van der Waals surface area contributed by atoms with Crippen LogP contribution in [0.25, 0.3) is 0 Å². The van der Waals surface area contributed by atoms with E-state index in [4.69, 9.17) is 22.9 Å². The molecule has 0 aliphatic carbocycles. The first-order valence-corrected chi connectivity index (χ1v) is 6.67. The van der Waals surface area contributed by atoms with Crippen molar-refractivity contribution in [3.05, 3.63) is 0 Å². The van der Waals surface area contributed by atoms with Gasteiger partial charge in [-0.1, -0.05) is 0 Å². The number of carbonyl (C=O) groups is 2. The van der Waals surface area contributed by atoms with Crippen LogP contribution < -0.4 is 22.9 Å². The second kappa shape index (κ2) is 18.0. The quantitative estimate of drug-likeness (QED) is 0.452. The second-order valence-corrected chi connectivity index (χ2v) is 4.04. The van der Waals surface area contributed by atoms with Crippen molar-refractivity contribution < 1.29 is 22.9 Å². The molecule has 0 aromatic carbocycles. The molecule has 0 heterocycles. The van der Waals surface area contributed by atoms with Crippen LogP contribution in [0.3, 0.4) is 0 Å². The van der Waals surface area contributed by atoms with Crippen LogP contribution in [-0.2, 0) is 13.3 Å². The third-order valence-corrected chi connectivity index (χ3v) is 2.72. The number of hydrogen-bond donors (Lipinski definition) is 4. The Morgan fingerprint density at radius 1 is 0.778 bits per heavy atom. The first-order valence-electron chi connectivity index (χ1n) is 5.26. The largest absolute Gasteiger partial charge is 0.484 e. The van der Waals surface area contributed by atoms with Gasteiger partial charge in [0.2, 0.25) is 0 Å². The van der Waals surface area contributed by atoms with E-state index in [-0.39, 0.29) is 0 Å². The molecule has 0 aromatic rings. The predicted octanol–water partition coefficient (Wildman–Crippen LogP) is -1.14. The van der Waals surface area contributed by atoms with Gasteiger partial charge < -0.3 is 36.2 Å². The fourth-order valence-electron chi connectivity index (χ4n) is 0.553. The lowest BCUT2D eigenvalue weighted by Gasteiger charge is -2.12. The maximum Gasteiger partial charge on any atom is 0.484 e. The Morgan fingerprint density at radius 3 is 1.06 bits per heavy atom. The summed E-state index contributed by atoms with van der Waals surface area (Å²) in [5, 5.41) is 0. The molecule has 10 heteroatoms. The molecule has 0 spiro atoms. The third kappa shape index (κ3) is 46.7. The van der Waals surface area contributed by atoms with Crippen LogP contribution in [0.1, 0.15) is 20.8 Å². The Kier molecular flexibility index (Phi) is 21.9. The summed E-state index contributed by atoms with van der Waals surface area (Å²) in [6.45, 7) is 7.86. The van der Waals surface area contributed by atoms with Crippen molar-refractivity contribution in [2.24, 2.45) is 22.9 Å². The van der Waals surface area contributed by atoms with Crippen molar-refractivity contribution in [2.75, 3.05) is 19.8 Å². The zero-order valence-electron chi connectivity index (χ0n) is 11.0. The highest BCUT2D eigenvalue weighted by Crippen LogP contribution is 1.90. The number of amides is 4. The average molecular weight is 284 g/mol. The first kappa shape index (κ1) is 21.9. The van der Waals surface area contributed by atoms with Crippen LogP contribution in [0, 0.1) is 0 Å². The minimum absolute atomic E-state index is 0.677. The third-order valence-electron chi connectivity index (χ3n) is 0.908. The Hall–Kier alpha value is -1.36. The number of rotatable bonds is 6. The number of urea groups is 2. The Bertz CT molecular complexity index is 174. The molecule has 8 N–H and O–H groups in total. The van der Waals surface area contributed by atoms with Crippen LogP contribution in [0.15, 0.2) is 0 Å². The fraction of sp³-hybridized carbons (Fsp3) is 0.750. The van der Waals surface area contributed by atoms with E-state index >= 15 is 0 Å². The first-order chi connectivity index (χ1) is 8.31. The van der Waals surface area contributed by atoms with Gasteiger partial charge in [-0.3, -0.25) is 0 Å². The predicted molar refractivity (Wildman–Crippen MR) is 69.6 cm³/mol. The van der Waals surface area contributed by atoms with Crippen molar-refractivity contribution in [2.45, 2.75) is 20.8 Å². The van der Waals surface area contributed by atoms with E-state index in [1.165, 1.54) is 0 Å². The lowest BCUT2D eigenvalue weighted by molar-refractivity contribution is 0.107. The molecule has 18 heavy (non-hydrogen) atoms. The monoisotopic (exact) mass is 284 g/mol. The van der Waals surface area contributed by atoms with Gasteiger partial charge in [-0.05, 0) is 20.8 Å². The van der Waals surface area contributed by atoms with Gasteiger partial charge >= 0.3 is 21.6 Å². The molecule has 0 saturated heterocycles. The van der Waals surface area contributed by atoms with Gasteiger partial charge in [-0.2, -0.15) is 0 Å². The maximum absolute atomic E-state index is 9.00. The molecular weight excluding hydrogens is 260 g/mol. The maximum atomic E-state index is 9.00. The van der Waals surface area contributed by atoms with E-state index in [0.29, 0.717) is 19.8 Å². The summed E-state index contributed by atoms with van der Waals surface area (Å²) in [6.07, 6.45) is 0. The van der Waals surface area contributed by atoms with E-state index in [0.717, 1.165) is 0 Å². The summed E-state index contributed by atoms with van der Waals surface area (Å²) >= 11 is 0. The van der Waals surface area contributed by atoms with Gasteiger partial charge in [0.1, 0.15) is 0 Å². The van der Waals surface area contributed by atoms with E-state index in [1.807, 2.05) is 20.8 Å². The molecule has 0 aromatic heterocycles. The van der Waals surface area contributed by atoms with E-state index in [9.17, 15) is 0 Å². The SMILES string of the molecule is CCO[SiH](OCC)OCC.NC(N)=O.NC(N)=O. The van der Waals surface area contributed by atoms with Crippen LogP contribution in [0.2, 0.25) is 0 Å². The molecule has 0 rings (SSSR count). The summed E-state index contributed by atoms with van der Waals surface area (Å²) in [5.74, 6) is 0. The standard InChI is InChI=1S/C6H16O3Si.2CH4N2O/c1-4-7-10(8-5-2)9-6-3;2*2-1(3)4/h10H,4-6H2,1-3H3;2*(H4,2,3,4). The molecule has 4 amide bonds. The number of nitrogens with two attached hydrogens (primary N) is 4. The Balaban J connectivity index is -0.000000233. The summed E-state index contributed by atoms with van der Waals surface area (Å²) in [5.41, 5.74) is 17.0. The Labute approximate surface area is 109 Å². The highest BCUT2D eigenvalue weighted by Gasteiger charge is 2.11. The van der Waals surface area contributed by atoms with Crippen LogP contribution in [0.4, 0.5) is 9.59 Å². The molecule has 110 valence electrons. The van der Waals surface area contributed by atoms with E-state index in [1.54, 1.807) is 0 Å². The molecule has 0 unspecified atom stereocenters.